The second-order valence-electron chi connectivity index (χ2n) is 4.76. The van der Waals surface area contributed by atoms with E-state index in [0.29, 0.717) is 6.04 Å². The van der Waals surface area contributed by atoms with Gasteiger partial charge in [0.05, 0.1) is 11.2 Å². The van der Waals surface area contributed by atoms with Crippen molar-refractivity contribution in [1.82, 2.24) is 4.98 Å². The molecule has 2 aromatic rings. The maximum absolute atomic E-state index is 5.96. The molecule has 17 heavy (non-hydrogen) atoms. The minimum absolute atomic E-state index is 0.619. The van der Waals surface area contributed by atoms with Gasteiger partial charge in [-0.3, -0.25) is 4.98 Å². The summed E-state index contributed by atoms with van der Waals surface area (Å²) in [5.41, 5.74) is 8.84. The van der Waals surface area contributed by atoms with Crippen molar-refractivity contribution in [3.63, 3.8) is 0 Å². The Hall–Kier alpha value is -1.77. The lowest BCUT2D eigenvalue weighted by atomic mass is 10.1. The van der Waals surface area contributed by atoms with Crippen LogP contribution in [0.15, 0.2) is 30.5 Å². The molecule has 0 aliphatic heterocycles. The maximum atomic E-state index is 5.96. The van der Waals surface area contributed by atoms with Crippen LogP contribution in [0, 0.1) is 5.92 Å². The lowest BCUT2D eigenvalue weighted by molar-refractivity contribution is 0.775. The molecule has 1 aliphatic carbocycles. The lowest BCUT2D eigenvalue weighted by Crippen LogP contribution is -2.05. The molecule has 2 atom stereocenters. The van der Waals surface area contributed by atoms with Crippen LogP contribution >= 0.6 is 0 Å². The highest BCUT2D eigenvalue weighted by atomic mass is 15.0. The Morgan fingerprint density at radius 2 is 2.29 bits per heavy atom. The number of benzene rings is 1. The van der Waals surface area contributed by atoms with Gasteiger partial charge >= 0.3 is 0 Å². The largest absolute Gasteiger partial charge is 0.398 e. The Morgan fingerprint density at radius 1 is 1.41 bits per heavy atom. The van der Waals surface area contributed by atoms with Crippen LogP contribution in [0.25, 0.3) is 10.9 Å². The van der Waals surface area contributed by atoms with Crippen LogP contribution in [0.3, 0.4) is 0 Å². The molecule has 3 nitrogen and oxygen atoms in total. The SMILES string of the molecule is CCC1CC1Nc1ccc(N)c2cccnc12. The van der Waals surface area contributed by atoms with Gasteiger partial charge in [0.25, 0.3) is 0 Å². The number of aromatic nitrogens is 1. The van der Waals surface area contributed by atoms with Gasteiger partial charge in [-0.2, -0.15) is 0 Å². The molecule has 3 N–H and O–H groups in total. The molecular weight excluding hydrogens is 210 g/mol. The van der Waals surface area contributed by atoms with Crippen LogP contribution < -0.4 is 11.1 Å². The fourth-order valence-electron chi connectivity index (χ4n) is 2.39. The molecule has 88 valence electrons. The van der Waals surface area contributed by atoms with E-state index in [1.807, 2.05) is 30.5 Å². The van der Waals surface area contributed by atoms with E-state index in [1.165, 1.54) is 12.8 Å². The summed E-state index contributed by atoms with van der Waals surface area (Å²) in [5.74, 6) is 0.825. The Labute approximate surface area is 101 Å². The minimum Gasteiger partial charge on any atom is -0.398 e. The van der Waals surface area contributed by atoms with Gasteiger partial charge in [-0.1, -0.05) is 13.3 Å². The Kier molecular flexibility index (Phi) is 2.39. The summed E-state index contributed by atoms with van der Waals surface area (Å²) in [6, 6.07) is 8.56. The van der Waals surface area contributed by atoms with E-state index in [4.69, 9.17) is 5.73 Å². The van der Waals surface area contributed by atoms with Gasteiger partial charge in [0.1, 0.15) is 0 Å². The third kappa shape index (κ3) is 1.82. The van der Waals surface area contributed by atoms with Crippen molar-refractivity contribution in [1.29, 1.82) is 0 Å². The monoisotopic (exact) mass is 227 g/mol. The summed E-state index contributed by atoms with van der Waals surface area (Å²) in [5, 5.41) is 4.60. The number of nitrogen functional groups attached to an aromatic ring is 1. The number of pyridine rings is 1. The van der Waals surface area contributed by atoms with Gasteiger partial charge in [0.2, 0.25) is 0 Å². The van der Waals surface area contributed by atoms with E-state index in [9.17, 15) is 0 Å². The molecule has 2 unspecified atom stereocenters. The third-order valence-corrected chi connectivity index (χ3v) is 3.59. The molecule has 0 radical (unpaired) electrons. The number of anilines is 2. The molecule has 3 heteroatoms. The molecule has 0 bridgehead atoms. The Morgan fingerprint density at radius 3 is 3.06 bits per heavy atom. The van der Waals surface area contributed by atoms with Gasteiger partial charge < -0.3 is 11.1 Å². The first-order valence-corrected chi connectivity index (χ1v) is 6.19. The van der Waals surface area contributed by atoms with Crippen molar-refractivity contribution in [3.05, 3.63) is 30.5 Å². The fraction of sp³-hybridized carbons (Fsp3) is 0.357. The number of fused-ring (bicyclic) bond motifs is 1. The predicted molar refractivity (Wildman–Crippen MR) is 72.0 cm³/mol. The van der Waals surface area contributed by atoms with Crippen molar-refractivity contribution in [2.45, 2.75) is 25.8 Å². The first-order chi connectivity index (χ1) is 8.29. The van der Waals surface area contributed by atoms with E-state index in [0.717, 1.165) is 28.2 Å². The molecule has 1 aromatic carbocycles. The van der Waals surface area contributed by atoms with Gasteiger partial charge in [-0.15, -0.1) is 0 Å². The highest BCUT2D eigenvalue weighted by Crippen LogP contribution is 2.37. The molecule has 0 amide bonds. The maximum Gasteiger partial charge on any atom is 0.0953 e. The first kappa shape index (κ1) is 10.4. The highest BCUT2D eigenvalue weighted by molar-refractivity contribution is 5.98. The summed E-state index contributed by atoms with van der Waals surface area (Å²) in [7, 11) is 0. The quantitative estimate of drug-likeness (QED) is 0.792. The number of hydrogen-bond donors (Lipinski definition) is 2. The number of hydrogen-bond acceptors (Lipinski definition) is 3. The topological polar surface area (TPSA) is 50.9 Å². The summed E-state index contributed by atoms with van der Waals surface area (Å²) in [6.45, 7) is 2.24. The van der Waals surface area contributed by atoms with Crippen molar-refractivity contribution in [2.24, 2.45) is 5.92 Å². The molecule has 1 heterocycles. The average Bonchev–Trinajstić information content (AvgIpc) is 3.12. The summed E-state index contributed by atoms with van der Waals surface area (Å²) < 4.78 is 0. The van der Waals surface area contributed by atoms with Crippen LogP contribution in [0.2, 0.25) is 0 Å². The number of nitrogens with zero attached hydrogens (tertiary/aromatic N) is 1. The Bertz CT molecular complexity index is 550. The summed E-state index contributed by atoms with van der Waals surface area (Å²) >= 11 is 0. The van der Waals surface area contributed by atoms with Gasteiger partial charge in [-0.05, 0) is 36.6 Å². The first-order valence-electron chi connectivity index (χ1n) is 6.19. The molecule has 1 aliphatic rings. The van der Waals surface area contributed by atoms with E-state index in [-0.39, 0.29) is 0 Å². The van der Waals surface area contributed by atoms with E-state index in [2.05, 4.69) is 17.2 Å². The summed E-state index contributed by atoms with van der Waals surface area (Å²) in [4.78, 5) is 4.43. The van der Waals surface area contributed by atoms with E-state index < -0.39 is 0 Å². The van der Waals surface area contributed by atoms with Crippen molar-refractivity contribution >= 4 is 22.3 Å². The zero-order chi connectivity index (χ0) is 11.8. The molecule has 3 rings (SSSR count). The molecule has 1 saturated carbocycles. The van der Waals surface area contributed by atoms with Gasteiger partial charge in [0.15, 0.2) is 0 Å². The zero-order valence-electron chi connectivity index (χ0n) is 9.98. The zero-order valence-corrected chi connectivity index (χ0v) is 9.98. The van der Waals surface area contributed by atoms with Crippen LogP contribution in [0.5, 0.6) is 0 Å². The number of rotatable bonds is 3. The Balaban J connectivity index is 1.97. The number of nitrogens with one attached hydrogen (secondary N) is 1. The highest BCUT2D eigenvalue weighted by Gasteiger charge is 2.35. The summed E-state index contributed by atoms with van der Waals surface area (Å²) in [6.07, 6.45) is 4.34. The molecule has 1 fully saturated rings. The van der Waals surface area contributed by atoms with Crippen molar-refractivity contribution in [3.8, 4) is 0 Å². The third-order valence-electron chi connectivity index (χ3n) is 3.59. The number of nitrogens with two attached hydrogens (primary N) is 1. The smallest absolute Gasteiger partial charge is 0.0953 e. The van der Waals surface area contributed by atoms with Crippen molar-refractivity contribution in [2.75, 3.05) is 11.1 Å². The van der Waals surface area contributed by atoms with Gasteiger partial charge in [-0.25, -0.2) is 0 Å². The van der Waals surface area contributed by atoms with Crippen LogP contribution in [0.4, 0.5) is 11.4 Å². The average molecular weight is 227 g/mol. The van der Waals surface area contributed by atoms with Crippen LogP contribution in [-0.2, 0) is 0 Å². The van der Waals surface area contributed by atoms with E-state index >= 15 is 0 Å². The molecule has 0 saturated heterocycles. The molecular formula is C14H17N3. The lowest BCUT2D eigenvalue weighted by Gasteiger charge is -2.10. The standard InChI is InChI=1S/C14H17N3/c1-2-9-8-13(9)17-12-6-5-11(15)10-4-3-7-16-14(10)12/h3-7,9,13,17H,2,8,15H2,1H3. The molecule has 0 spiro atoms. The van der Waals surface area contributed by atoms with Crippen LogP contribution in [-0.4, -0.2) is 11.0 Å². The van der Waals surface area contributed by atoms with Gasteiger partial charge in [0, 0.05) is 23.3 Å². The normalized spacial score (nSPS) is 22.6. The van der Waals surface area contributed by atoms with Crippen molar-refractivity contribution < 1.29 is 0 Å². The second-order valence-corrected chi connectivity index (χ2v) is 4.76. The second kappa shape index (κ2) is 3.91. The van der Waals surface area contributed by atoms with E-state index in [1.54, 1.807) is 0 Å². The van der Waals surface area contributed by atoms with Crippen LogP contribution in [0.1, 0.15) is 19.8 Å². The molecule has 1 aromatic heterocycles. The fourth-order valence-corrected chi connectivity index (χ4v) is 2.39. The minimum atomic E-state index is 0.619. The predicted octanol–water partition coefficient (Wildman–Crippen LogP) is 3.03.